The Morgan fingerprint density at radius 1 is 1.08 bits per heavy atom. The number of fused-ring (bicyclic) bond motifs is 3. The van der Waals surface area contributed by atoms with Crippen molar-refractivity contribution in [2.45, 2.75) is 6.18 Å². The quantitative estimate of drug-likeness (QED) is 0.710. The molecular weight excluding hydrogens is 331 g/mol. The first-order chi connectivity index (χ1) is 11.9. The van der Waals surface area contributed by atoms with Gasteiger partial charge in [0, 0.05) is 18.2 Å². The molecule has 2 aromatic rings. The average molecular weight is 344 g/mol. The first-order valence-corrected chi connectivity index (χ1v) is 7.49. The molecule has 2 heterocycles. The van der Waals surface area contributed by atoms with Gasteiger partial charge in [0.25, 0.3) is 0 Å². The van der Waals surface area contributed by atoms with Crippen molar-refractivity contribution in [1.82, 2.24) is 4.48 Å². The maximum Gasteiger partial charge on any atom is 0.416 e. The first-order valence-electron chi connectivity index (χ1n) is 7.49. The lowest BCUT2D eigenvalue weighted by Crippen LogP contribution is -2.41. The standard InChI is InChI=1S/C18H13F3N3O/c1-25-15-7-12(18(19,20)21)6-13(8-15)24-11-22-9-14(24)10-23-16-4-2-3-5-17(16)24/h2-11H,1H3/q+1. The van der Waals surface area contributed by atoms with E-state index in [4.69, 9.17) is 4.74 Å². The molecule has 0 N–H and O–H groups in total. The van der Waals surface area contributed by atoms with Gasteiger partial charge in [-0.25, -0.2) is 9.98 Å². The zero-order valence-corrected chi connectivity index (χ0v) is 13.2. The molecule has 7 heteroatoms. The molecule has 0 spiro atoms. The average Bonchev–Trinajstić information content (AvgIpc) is 3.06. The molecule has 2 aromatic carbocycles. The first kappa shape index (κ1) is 15.6. The third-order valence-corrected chi connectivity index (χ3v) is 4.31. The summed E-state index contributed by atoms with van der Waals surface area (Å²) in [6.07, 6.45) is 0.355. The molecule has 4 rings (SSSR count). The number of hydrogen-bond donors (Lipinski definition) is 0. The summed E-state index contributed by atoms with van der Waals surface area (Å²) in [5.41, 5.74) is 1.70. The lowest BCUT2D eigenvalue weighted by molar-refractivity contribution is -0.137. The Balaban J connectivity index is 2.02. The van der Waals surface area contributed by atoms with Crippen LogP contribution in [0.2, 0.25) is 0 Å². The van der Waals surface area contributed by atoms with Crippen molar-refractivity contribution in [3.05, 3.63) is 59.9 Å². The molecule has 2 aliphatic rings. The number of halogens is 3. The van der Waals surface area contributed by atoms with Gasteiger partial charge in [-0.1, -0.05) is 12.1 Å². The molecule has 0 fully saturated rings. The Labute approximate surface area is 141 Å². The van der Waals surface area contributed by atoms with Gasteiger partial charge < -0.3 is 4.74 Å². The maximum absolute atomic E-state index is 13.4. The van der Waals surface area contributed by atoms with Gasteiger partial charge in [-0.3, -0.25) is 0 Å². The van der Waals surface area contributed by atoms with Crippen LogP contribution in [0, 0.1) is 0 Å². The summed E-state index contributed by atoms with van der Waals surface area (Å²) in [7, 11) is 1.35. The fourth-order valence-corrected chi connectivity index (χ4v) is 3.12. The van der Waals surface area contributed by atoms with E-state index in [1.165, 1.54) is 7.11 Å². The summed E-state index contributed by atoms with van der Waals surface area (Å²) in [4.78, 5) is 8.57. The van der Waals surface area contributed by atoms with Crippen LogP contribution in [-0.4, -0.2) is 19.7 Å². The number of para-hydroxylation sites is 2. The van der Waals surface area contributed by atoms with Crippen LogP contribution in [0.25, 0.3) is 0 Å². The smallest absolute Gasteiger partial charge is 0.416 e. The Morgan fingerprint density at radius 3 is 2.64 bits per heavy atom. The van der Waals surface area contributed by atoms with E-state index in [-0.39, 0.29) is 10.2 Å². The number of ether oxygens (including phenoxy) is 1. The van der Waals surface area contributed by atoms with E-state index in [9.17, 15) is 13.2 Å². The highest BCUT2D eigenvalue weighted by atomic mass is 19.4. The molecule has 0 amide bonds. The Kier molecular flexibility index (Phi) is 3.30. The van der Waals surface area contributed by atoms with Crippen molar-refractivity contribution in [1.29, 1.82) is 0 Å². The molecule has 0 saturated heterocycles. The molecule has 1 atom stereocenters. The van der Waals surface area contributed by atoms with E-state index < -0.39 is 11.7 Å². The summed E-state index contributed by atoms with van der Waals surface area (Å²) in [5.74, 6) is 0.136. The van der Waals surface area contributed by atoms with Gasteiger partial charge in [0.15, 0.2) is 17.1 Å². The monoisotopic (exact) mass is 344 g/mol. The van der Waals surface area contributed by atoms with Gasteiger partial charge >= 0.3 is 6.18 Å². The highest BCUT2D eigenvalue weighted by Crippen LogP contribution is 2.49. The zero-order chi connectivity index (χ0) is 17.7. The predicted octanol–water partition coefficient (Wildman–Crippen LogP) is 4.95. The van der Waals surface area contributed by atoms with Crippen molar-refractivity contribution in [2.75, 3.05) is 7.11 Å². The molecular formula is C18H13F3N3O+. The molecule has 0 bridgehead atoms. The molecule has 0 saturated carbocycles. The summed E-state index contributed by atoms with van der Waals surface area (Å²) in [6.45, 7) is 0. The summed E-state index contributed by atoms with van der Waals surface area (Å²) in [5, 5.41) is 0. The second kappa shape index (κ2) is 5.29. The van der Waals surface area contributed by atoms with E-state index >= 15 is 0 Å². The highest BCUT2D eigenvalue weighted by Gasteiger charge is 2.45. The summed E-state index contributed by atoms with van der Waals surface area (Å²) in [6, 6.07) is 11.0. The van der Waals surface area contributed by atoms with Crippen molar-refractivity contribution >= 4 is 29.6 Å². The molecule has 4 nitrogen and oxygen atoms in total. The molecule has 126 valence electrons. The van der Waals surface area contributed by atoms with Crippen LogP contribution in [0.4, 0.5) is 30.2 Å². The second-order valence-electron chi connectivity index (χ2n) is 5.71. The molecule has 1 unspecified atom stereocenters. The van der Waals surface area contributed by atoms with Crippen molar-refractivity contribution in [3.8, 4) is 5.75 Å². The molecule has 0 radical (unpaired) electrons. The van der Waals surface area contributed by atoms with E-state index in [1.807, 2.05) is 24.3 Å². The lowest BCUT2D eigenvalue weighted by atomic mass is 10.1. The Bertz CT molecular complexity index is 947. The minimum Gasteiger partial charge on any atom is -0.497 e. The number of hydrogen-bond acceptors (Lipinski definition) is 3. The van der Waals surface area contributed by atoms with E-state index in [1.54, 1.807) is 24.8 Å². The van der Waals surface area contributed by atoms with Gasteiger partial charge in [0.2, 0.25) is 6.34 Å². The van der Waals surface area contributed by atoms with Crippen LogP contribution in [0.3, 0.4) is 0 Å². The van der Waals surface area contributed by atoms with E-state index in [0.717, 1.165) is 17.8 Å². The van der Waals surface area contributed by atoms with Crippen LogP contribution in [0.5, 0.6) is 5.75 Å². The van der Waals surface area contributed by atoms with Crippen LogP contribution in [0.1, 0.15) is 5.56 Å². The second-order valence-corrected chi connectivity index (χ2v) is 5.71. The summed E-state index contributed by atoms with van der Waals surface area (Å²) < 4.78 is 45.1. The zero-order valence-electron chi connectivity index (χ0n) is 13.2. The number of methoxy groups -OCH3 is 1. The SMILES string of the molecule is COc1cc(C(F)(F)F)cc([N+]23C=NC=C2C=Nc2ccccc23)c1. The topological polar surface area (TPSA) is 34.0 Å². The normalized spacial score (nSPS) is 20.9. The van der Waals surface area contributed by atoms with Crippen LogP contribution < -0.4 is 9.22 Å². The molecule has 0 aliphatic carbocycles. The molecule has 25 heavy (non-hydrogen) atoms. The van der Waals surface area contributed by atoms with Crippen LogP contribution in [0.15, 0.2) is 64.3 Å². The fraction of sp³-hybridized carbons (Fsp3) is 0.111. The molecule has 2 aliphatic heterocycles. The third kappa shape index (κ3) is 2.27. The van der Waals surface area contributed by atoms with Gasteiger partial charge in [0.05, 0.1) is 25.1 Å². The van der Waals surface area contributed by atoms with Crippen molar-refractivity contribution in [2.24, 2.45) is 9.98 Å². The minimum absolute atomic E-state index is 0.0556. The number of aliphatic imine (C=N–C) groups is 2. The van der Waals surface area contributed by atoms with E-state index in [0.29, 0.717) is 17.1 Å². The largest absolute Gasteiger partial charge is 0.497 e. The lowest BCUT2D eigenvalue weighted by Gasteiger charge is -2.33. The minimum atomic E-state index is -4.48. The van der Waals surface area contributed by atoms with Gasteiger partial charge in [0.1, 0.15) is 11.4 Å². The number of alkyl halides is 3. The van der Waals surface area contributed by atoms with Crippen LogP contribution >= 0.6 is 0 Å². The predicted molar refractivity (Wildman–Crippen MR) is 90.6 cm³/mol. The number of quaternary nitrogens is 1. The number of benzene rings is 2. The Morgan fingerprint density at radius 2 is 1.88 bits per heavy atom. The molecule has 0 aromatic heterocycles. The summed E-state index contributed by atoms with van der Waals surface area (Å²) >= 11 is 0. The van der Waals surface area contributed by atoms with Gasteiger partial charge in [-0.2, -0.15) is 17.7 Å². The van der Waals surface area contributed by atoms with Crippen molar-refractivity contribution < 1.29 is 17.9 Å². The number of allylic oxidation sites excluding steroid dienone is 1. The fourth-order valence-electron chi connectivity index (χ4n) is 3.12. The van der Waals surface area contributed by atoms with Crippen LogP contribution in [-0.2, 0) is 6.18 Å². The van der Waals surface area contributed by atoms with Gasteiger partial charge in [-0.05, 0) is 12.1 Å². The Hall–Kier alpha value is -2.93. The number of nitrogens with zero attached hydrogens (tertiary/aromatic N) is 3. The third-order valence-electron chi connectivity index (χ3n) is 4.31. The van der Waals surface area contributed by atoms with Gasteiger partial charge in [-0.15, -0.1) is 0 Å². The van der Waals surface area contributed by atoms with E-state index in [2.05, 4.69) is 9.98 Å². The highest BCUT2D eigenvalue weighted by molar-refractivity contribution is 6.05. The van der Waals surface area contributed by atoms with Crippen molar-refractivity contribution in [3.63, 3.8) is 0 Å². The number of rotatable bonds is 2. The maximum atomic E-state index is 13.4.